The highest BCUT2D eigenvalue weighted by atomic mass is 16.6. The molecule has 28 heavy (non-hydrogen) atoms. The van der Waals surface area contributed by atoms with Gasteiger partial charge in [0, 0.05) is 36.1 Å². The van der Waals surface area contributed by atoms with E-state index in [1.165, 1.54) is 26.0 Å². The van der Waals surface area contributed by atoms with Crippen molar-refractivity contribution in [2.24, 2.45) is 0 Å². The Morgan fingerprint density at radius 3 is 2.39 bits per heavy atom. The highest BCUT2D eigenvalue weighted by Crippen LogP contribution is 2.24. The molecule has 2 rings (SSSR count). The smallest absolute Gasteiger partial charge is 0.341 e. The van der Waals surface area contributed by atoms with E-state index in [4.69, 9.17) is 4.74 Å². The van der Waals surface area contributed by atoms with Gasteiger partial charge in [-0.25, -0.2) is 4.79 Å². The Kier molecular flexibility index (Phi) is 5.97. The molecule has 2 N–H and O–H groups in total. The van der Waals surface area contributed by atoms with Crippen LogP contribution < -0.4 is 5.32 Å². The third-order valence-corrected chi connectivity index (χ3v) is 4.39. The standard InChI is InChI=1S/C19H21N3O6/c1-9-16(11(3)23)10(2)21-17(9)18(24)12(4)28-19(25)14-8-13(22(26)27)6-7-15(14)20-5/h6-8,12,20-21H,1-5H3/t12-/m1/s1. The summed E-state index contributed by atoms with van der Waals surface area (Å²) in [6, 6.07) is 3.73. The van der Waals surface area contributed by atoms with Crippen molar-refractivity contribution in [3.05, 3.63) is 56.4 Å². The summed E-state index contributed by atoms with van der Waals surface area (Å²) in [6.45, 7) is 6.13. The van der Waals surface area contributed by atoms with Crippen LogP contribution in [0.4, 0.5) is 11.4 Å². The van der Waals surface area contributed by atoms with Crippen molar-refractivity contribution in [2.75, 3.05) is 12.4 Å². The molecule has 0 amide bonds. The number of hydrogen-bond donors (Lipinski definition) is 2. The second kappa shape index (κ2) is 8.03. The molecule has 1 aromatic carbocycles. The van der Waals surface area contributed by atoms with Crippen LogP contribution in [0, 0.1) is 24.0 Å². The number of nitro benzene ring substituents is 1. The normalized spacial score (nSPS) is 11.6. The SMILES string of the molecule is CNc1ccc([N+](=O)[O-])cc1C(=O)O[C@H](C)C(=O)c1[nH]c(C)c(C(C)=O)c1C. The van der Waals surface area contributed by atoms with Crippen LogP contribution in [0.2, 0.25) is 0 Å². The van der Waals surface area contributed by atoms with Crippen molar-refractivity contribution in [1.29, 1.82) is 0 Å². The number of aromatic amines is 1. The van der Waals surface area contributed by atoms with Gasteiger partial charge >= 0.3 is 5.97 Å². The largest absolute Gasteiger partial charge is 0.451 e. The molecule has 0 aliphatic heterocycles. The average molecular weight is 387 g/mol. The summed E-state index contributed by atoms with van der Waals surface area (Å²) in [5.41, 5.74) is 1.68. The molecule has 0 aliphatic rings. The average Bonchev–Trinajstić information content (AvgIpc) is 2.94. The molecule has 0 unspecified atom stereocenters. The lowest BCUT2D eigenvalue weighted by molar-refractivity contribution is -0.384. The van der Waals surface area contributed by atoms with Gasteiger partial charge in [-0.3, -0.25) is 19.7 Å². The van der Waals surface area contributed by atoms with Gasteiger partial charge < -0.3 is 15.0 Å². The minimum Gasteiger partial charge on any atom is -0.451 e. The summed E-state index contributed by atoms with van der Waals surface area (Å²) in [5.74, 6) is -1.55. The van der Waals surface area contributed by atoms with E-state index in [2.05, 4.69) is 10.3 Å². The summed E-state index contributed by atoms with van der Waals surface area (Å²) in [6.07, 6.45) is -1.16. The summed E-state index contributed by atoms with van der Waals surface area (Å²) < 4.78 is 5.24. The predicted molar refractivity (Wildman–Crippen MR) is 102 cm³/mol. The number of ketones is 2. The molecule has 0 fully saturated rings. The van der Waals surface area contributed by atoms with Crippen molar-refractivity contribution in [3.63, 3.8) is 0 Å². The number of rotatable bonds is 7. The summed E-state index contributed by atoms with van der Waals surface area (Å²) in [7, 11) is 1.56. The highest BCUT2D eigenvalue weighted by molar-refractivity contribution is 6.06. The summed E-state index contributed by atoms with van der Waals surface area (Å²) in [4.78, 5) is 50.2. The lowest BCUT2D eigenvalue weighted by Crippen LogP contribution is -2.25. The minimum absolute atomic E-state index is 0.0554. The van der Waals surface area contributed by atoms with Gasteiger partial charge in [0.25, 0.3) is 5.69 Å². The van der Waals surface area contributed by atoms with E-state index in [1.54, 1.807) is 20.9 Å². The number of carbonyl (C=O) groups is 3. The number of nitrogens with zero attached hydrogens (tertiary/aromatic N) is 1. The number of benzene rings is 1. The maximum absolute atomic E-state index is 12.7. The van der Waals surface area contributed by atoms with Crippen LogP contribution in [-0.2, 0) is 4.74 Å². The minimum atomic E-state index is -1.16. The van der Waals surface area contributed by atoms with Gasteiger partial charge in [-0.2, -0.15) is 0 Å². The first-order valence-corrected chi connectivity index (χ1v) is 8.50. The Bertz CT molecular complexity index is 976. The molecule has 2 aromatic rings. The number of aryl methyl sites for hydroxylation is 1. The van der Waals surface area contributed by atoms with E-state index in [1.807, 2.05) is 0 Å². The van der Waals surface area contributed by atoms with Crippen LogP contribution in [0.15, 0.2) is 18.2 Å². The van der Waals surface area contributed by atoms with Crippen LogP contribution in [0.25, 0.3) is 0 Å². The molecule has 0 saturated heterocycles. The molecular weight excluding hydrogens is 366 g/mol. The Labute approximate surface area is 161 Å². The molecule has 0 bridgehead atoms. The van der Waals surface area contributed by atoms with Gasteiger partial charge in [-0.15, -0.1) is 0 Å². The Hall–Kier alpha value is -3.49. The van der Waals surface area contributed by atoms with Crippen LogP contribution >= 0.6 is 0 Å². The van der Waals surface area contributed by atoms with Gasteiger partial charge in [-0.1, -0.05) is 0 Å². The quantitative estimate of drug-likeness (QED) is 0.323. The number of H-pyrrole nitrogens is 1. The van der Waals surface area contributed by atoms with Crippen molar-refractivity contribution >= 4 is 28.9 Å². The maximum atomic E-state index is 12.7. The second-order valence-corrected chi connectivity index (χ2v) is 6.33. The fourth-order valence-electron chi connectivity index (χ4n) is 3.04. The number of esters is 1. The number of Topliss-reactive ketones (excluding diaryl/α,β-unsaturated/α-hetero) is 2. The van der Waals surface area contributed by atoms with Crippen molar-refractivity contribution in [1.82, 2.24) is 4.98 Å². The number of anilines is 1. The van der Waals surface area contributed by atoms with E-state index < -0.39 is 22.8 Å². The third-order valence-electron chi connectivity index (χ3n) is 4.39. The van der Waals surface area contributed by atoms with Gasteiger partial charge in [0.1, 0.15) is 0 Å². The van der Waals surface area contributed by atoms with E-state index in [0.717, 1.165) is 6.07 Å². The zero-order valence-electron chi connectivity index (χ0n) is 16.2. The predicted octanol–water partition coefficient (Wildman–Crippen LogP) is 3.21. The number of nitro groups is 1. The molecule has 0 saturated carbocycles. The van der Waals surface area contributed by atoms with Crippen LogP contribution in [0.1, 0.15) is 56.3 Å². The molecule has 1 atom stereocenters. The summed E-state index contributed by atoms with van der Waals surface area (Å²) >= 11 is 0. The van der Waals surface area contributed by atoms with Crippen molar-refractivity contribution < 1.29 is 24.0 Å². The van der Waals surface area contributed by atoms with Gasteiger partial charge in [-0.05, 0) is 39.3 Å². The second-order valence-electron chi connectivity index (χ2n) is 6.33. The molecule has 0 spiro atoms. The fourth-order valence-corrected chi connectivity index (χ4v) is 3.04. The Morgan fingerprint density at radius 2 is 1.89 bits per heavy atom. The van der Waals surface area contributed by atoms with E-state index >= 15 is 0 Å². The number of hydrogen-bond acceptors (Lipinski definition) is 7. The number of nitrogens with one attached hydrogen (secondary N) is 2. The lowest BCUT2D eigenvalue weighted by Gasteiger charge is -2.14. The summed E-state index contributed by atoms with van der Waals surface area (Å²) in [5, 5.41) is 13.7. The topological polar surface area (TPSA) is 131 Å². The number of aromatic nitrogens is 1. The number of non-ortho nitro benzene ring substituents is 1. The number of carbonyl (C=O) groups excluding carboxylic acids is 3. The van der Waals surface area contributed by atoms with Crippen molar-refractivity contribution in [3.8, 4) is 0 Å². The van der Waals surface area contributed by atoms with E-state index in [-0.39, 0.29) is 22.7 Å². The van der Waals surface area contributed by atoms with Gasteiger partial charge in [0.2, 0.25) is 5.78 Å². The third kappa shape index (κ3) is 3.93. The Balaban J connectivity index is 2.29. The first-order chi connectivity index (χ1) is 13.1. The zero-order chi connectivity index (χ0) is 21.2. The maximum Gasteiger partial charge on any atom is 0.341 e. The molecule has 148 valence electrons. The first kappa shape index (κ1) is 20.8. The molecular formula is C19H21N3O6. The molecule has 0 radical (unpaired) electrons. The molecule has 1 aromatic heterocycles. The zero-order valence-corrected chi connectivity index (χ0v) is 16.2. The highest BCUT2D eigenvalue weighted by Gasteiger charge is 2.27. The van der Waals surface area contributed by atoms with E-state index in [9.17, 15) is 24.5 Å². The van der Waals surface area contributed by atoms with Crippen LogP contribution in [0.3, 0.4) is 0 Å². The van der Waals surface area contributed by atoms with Crippen molar-refractivity contribution in [2.45, 2.75) is 33.8 Å². The van der Waals surface area contributed by atoms with Gasteiger partial charge in [0.15, 0.2) is 11.9 Å². The lowest BCUT2D eigenvalue weighted by atomic mass is 10.0. The molecule has 9 nitrogen and oxygen atoms in total. The van der Waals surface area contributed by atoms with Crippen LogP contribution in [-0.4, -0.2) is 40.6 Å². The molecule has 0 aliphatic carbocycles. The van der Waals surface area contributed by atoms with E-state index in [0.29, 0.717) is 22.5 Å². The number of ether oxygens (including phenoxy) is 1. The fraction of sp³-hybridized carbons (Fsp3) is 0.316. The van der Waals surface area contributed by atoms with Gasteiger partial charge in [0.05, 0.1) is 16.2 Å². The molecule has 1 heterocycles. The molecule has 9 heteroatoms. The monoisotopic (exact) mass is 387 g/mol. The van der Waals surface area contributed by atoms with Crippen LogP contribution in [0.5, 0.6) is 0 Å². The first-order valence-electron chi connectivity index (χ1n) is 8.50. The Morgan fingerprint density at radius 1 is 1.25 bits per heavy atom.